The van der Waals surface area contributed by atoms with Crippen LogP contribution in [0.3, 0.4) is 0 Å². The summed E-state index contributed by atoms with van der Waals surface area (Å²) >= 11 is 0. The van der Waals surface area contributed by atoms with E-state index in [0.29, 0.717) is 0 Å². The number of nitrogens with zero attached hydrogens (tertiary/aromatic N) is 2. The molecular weight excluding hydrogens is 276 g/mol. The van der Waals surface area contributed by atoms with Crippen molar-refractivity contribution >= 4 is 23.7 Å². The third kappa shape index (κ3) is 4.84. The van der Waals surface area contributed by atoms with E-state index in [1.165, 1.54) is 4.90 Å². The van der Waals surface area contributed by atoms with Gasteiger partial charge in [0, 0.05) is 31.8 Å². The number of hydrogen-bond donors (Lipinski definition) is 0. The Morgan fingerprint density at radius 2 is 1.81 bits per heavy atom. The largest absolute Gasteiger partial charge is 0.465 e. The number of likely N-dealkylation sites (tertiary alicyclic amines) is 1. The van der Waals surface area contributed by atoms with Crippen LogP contribution in [0.15, 0.2) is 0 Å². The van der Waals surface area contributed by atoms with Gasteiger partial charge in [0.25, 0.3) is 0 Å². The molecule has 0 aromatic heterocycles. The zero-order valence-corrected chi connectivity index (χ0v) is 12.8. The predicted octanol–water partition coefficient (Wildman–Crippen LogP) is 0.326. The van der Waals surface area contributed by atoms with Gasteiger partial charge in [-0.2, -0.15) is 0 Å². The average Bonchev–Trinajstić information content (AvgIpc) is 2.73. The van der Waals surface area contributed by atoms with Crippen molar-refractivity contribution in [2.75, 3.05) is 19.7 Å². The molecular formula is C14H22N2O5. The molecule has 0 saturated carbocycles. The number of imide groups is 1. The molecule has 1 heterocycles. The van der Waals surface area contributed by atoms with Crippen LogP contribution < -0.4 is 0 Å². The minimum absolute atomic E-state index is 0.0229. The Morgan fingerprint density at radius 1 is 1.24 bits per heavy atom. The van der Waals surface area contributed by atoms with Gasteiger partial charge < -0.3 is 9.64 Å². The van der Waals surface area contributed by atoms with Crippen molar-refractivity contribution in [3.05, 3.63) is 0 Å². The highest BCUT2D eigenvalue weighted by molar-refractivity contribution is 6.02. The minimum atomic E-state index is -0.465. The molecule has 0 atom stereocenters. The summed E-state index contributed by atoms with van der Waals surface area (Å²) in [6, 6.07) is -0.160. The molecule has 0 bridgehead atoms. The van der Waals surface area contributed by atoms with Crippen LogP contribution >= 0.6 is 0 Å². The summed E-state index contributed by atoms with van der Waals surface area (Å²) in [7, 11) is 0. The summed E-state index contributed by atoms with van der Waals surface area (Å²) in [5, 5.41) is 0. The number of esters is 1. The molecule has 0 aromatic carbocycles. The molecule has 118 valence electrons. The third-order valence-corrected chi connectivity index (χ3v) is 3.25. The number of amides is 3. The molecule has 1 fully saturated rings. The molecule has 0 spiro atoms. The smallest absolute Gasteiger partial charge is 0.325 e. The Kier molecular flexibility index (Phi) is 6.33. The highest BCUT2D eigenvalue weighted by atomic mass is 16.5. The van der Waals surface area contributed by atoms with Crippen LogP contribution in [0.2, 0.25) is 0 Å². The summed E-state index contributed by atoms with van der Waals surface area (Å²) in [5.41, 5.74) is 0. The predicted molar refractivity (Wildman–Crippen MR) is 74.1 cm³/mol. The van der Waals surface area contributed by atoms with Crippen LogP contribution in [0.4, 0.5) is 0 Å². The van der Waals surface area contributed by atoms with E-state index >= 15 is 0 Å². The molecule has 0 N–H and O–H groups in total. The summed E-state index contributed by atoms with van der Waals surface area (Å²) in [4.78, 5) is 49.1. The van der Waals surface area contributed by atoms with Gasteiger partial charge in [-0.15, -0.1) is 0 Å². The summed E-state index contributed by atoms with van der Waals surface area (Å²) < 4.78 is 4.83. The van der Waals surface area contributed by atoms with Gasteiger partial charge in [0.1, 0.15) is 6.54 Å². The molecule has 3 amide bonds. The van der Waals surface area contributed by atoms with E-state index < -0.39 is 5.97 Å². The van der Waals surface area contributed by atoms with Crippen molar-refractivity contribution in [2.24, 2.45) is 0 Å². The Morgan fingerprint density at radius 3 is 2.29 bits per heavy atom. The molecule has 1 saturated heterocycles. The Balaban J connectivity index is 2.55. The van der Waals surface area contributed by atoms with E-state index in [1.54, 1.807) is 20.8 Å². The maximum Gasteiger partial charge on any atom is 0.325 e. The lowest BCUT2D eigenvalue weighted by molar-refractivity contribution is -0.150. The van der Waals surface area contributed by atoms with Gasteiger partial charge in [0.15, 0.2) is 0 Å². The molecule has 7 heteroatoms. The SMILES string of the molecule is CCOC(=O)CN(C(=O)CCN1C(=O)CCC1=O)C(C)C. The first-order valence-electron chi connectivity index (χ1n) is 7.15. The third-order valence-electron chi connectivity index (χ3n) is 3.25. The van der Waals surface area contributed by atoms with Crippen molar-refractivity contribution < 1.29 is 23.9 Å². The lowest BCUT2D eigenvalue weighted by Gasteiger charge is -2.26. The number of carbonyl (C=O) groups is 4. The van der Waals surface area contributed by atoms with E-state index in [2.05, 4.69) is 0 Å². The first-order valence-corrected chi connectivity index (χ1v) is 7.15. The van der Waals surface area contributed by atoms with Gasteiger partial charge in [-0.3, -0.25) is 24.1 Å². The molecule has 0 aromatic rings. The van der Waals surface area contributed by atoms with Gasteiger partial charge in [-0.05, 0) is 20.8 Å². The highest BCUT2D eigenvalue weighted by Gasteiger charge is 2.30. The van der Waals surface area contributed by atoms with E-state index in [-0.39, 0.29) is 62.7 Å². The van der Waals surface area contributed by atoms with Gasteiger partial charge in [-0.1, -0.05) is 0 Å². The number of rotatable bonds is 7. The Bertz CT molecular complexity index is 417. The lowest BCUT2D eigenvalue weighted by Crippen LogP contribution is -2.43. The van der Waals surface area contributed by atoms with E-state index in [4.69, 9.17) is 4.74 Å². The van der Waals surface area contributed by atoms with Crippen molar-refractivity contribution in [3.8, 4) is 0 Å². The normalized spacial score (nSPS) is 14.8. The first-order chi connectivity index (χ1) is 9.86. The van der Waals surface area contributed by atoms with Gasteiger partial charge >= 0.3 is 5.97 Å². The summed E-state index contributed by atoms with van der Waals surface area (Å²) in [5.74, 6) is -1.22. The molecule has 1 rings (SSSR count). The van der Waals surface area contributed by atoms with Gasteiger partial charge in [0.2, 0.25) is 17.7 Å². The maximum absolute atomic E-state index is 12.2. The quantitative estimate of drug-likeness (QED) is 0.499. The van der Waals surface area contributed by atoms with Crippen molar-refractivity contribution in [1.82, 2.24) is 9.80 Å². The fourth-order valence-electron chi connectivity index (χ4n) is 2.13. The lowest BCUT2D eigenvalue weighted by atomic mass is 10.2. The average molecular weight is 298 g/mol. The molecule has 1 aliphatic rings. The van der Waals surface area contributed by atoms with Crippen molar-refractivity contribution in [1.29, 1.82) is 0 Å². The maximum atomic E-state index is 12.2. The molecule has 0 unspecified atom stereocenters. The molecule has 1 aliphatic heterocycles. The highest BCUT2D eigenvalue weighted by Crippen LogP contribution is 2.13. The molecule has 0 radical (unpaired) electrons. The Labute approximate surface area is 124 Å². The van der Waals surface area contributed by atoms with Crippen LogP contribution in [-0.2, 0) is 23.9 Å². The van der Waals surface area contributed by atoms with Crippen LogP contribution in [-0.4, -0.2) is 59.2 Å². The topological polar surface area (TPSA) is 84.0 Å². The van der Waals surface area contributed by atoms with Gasteiger partial charge in [0.05, 0.1) is 6.61 Å². The standard InChI is InChI=1S/C14H22N2O5/c1-4-21-14(20)9-16(10(2)3)13(19)7-8-15-11(17)5-6-12(15)18/h10H,4-9H2,1-3H3. The Hall–Kier alpha value is -1.92. The van der Waals surface area contributed by atoms with Crippen molar-refractivity contribution in [3.63, 3.8) is 0 Å². The first kappa shape index (κ1) is 17.1. The zero-order valence-electron chi connectivity index (χ0n) is 12.8. The second-order valence-corrected chi connectivity index (χ2v) is 5.11. The van der Waals surface area contributed by atoms with Crippen LogP contribution in [0.25, 0.3) is 0 Å². The number of carbonyl (C=O) groups excluding carboxylic acids is 4. The summed E-state index contributed by atoms with van der Waals surface area (Å²) in [6.07, 6.45) is 0.447. The fourth-order valence-corrected chi connectivity index (χ4v) is 2.13. The second-order valence-electron chi connectivity index (χ2n) is 5.11. The minimum Gasteiger partial charge on any atom is -0.465 e. The van der Waals surface area contributed by atoms with Gasteiger partial charge in [-0.25, -0.2) is 0 Å². The monoisotopic (exact) mass is 298 g/mol. The van der Waals surface area contributed by atoms with E-state index in [9.17, 15) is 19.2 Å². The van der Waals surface area contributed by atoms with Crippen LogP contribution in [0, 0.1) is 0 Å². The fraction of sp³-hybridized carbons (Fsp3) is 0.714. The zero-order chi connectivity index (χ0) is 16.0. The van der Waals surface area contributed by atoms with Crippen molar-refractivity contribution in [2.45, 2.75) is 46.1 Å². The number of ether oxygens (including phenoxy) is 1. The molecule has 21 heavy (non-hydrogen) atoms. The molecule has 7 nitrogen and oxygen atoms in total. The van der Waals surface area contributed by atoms with Crippen LogP contribution in [0.1, 0.15) is 40.0 Å². The molecule has 0 aliphatic carbocycles. The van der Waals surface area contributed by atoms with E-state index in [1.807, 2.05) is 0 Å². The number of hydrogen-bond acceptors (Lipinski definition) is 5. The second kappa shape index (κ2) is 7.75. The van der Waals surface area contributed by atoms with E-state index in [0.717, 1.165) is 4.90 Å². The summed E-state index contributed by atoms with van der Waals surface area (Å²) in [6.45, 7) is 5.50. The van der Waals surface area contributed by atoms with Crippen LogP contribution in [0.5, 0.6) is 0 Å².